The number of anilines is 1. The summed E-state index contributed by atoms with van der Waals surface area (Å²) in [6, 6.07) is 12.1. The lowest BCUT2D eigenvalue weighted by Crippen LogP contribution is -2.45. The topological polar surface area (TPSA) is 58.6 Å². The van der Waals surface area contributed by atoms with Crippen molar-refractivity contribution in [3.05, 3.63) is 47.5 Å². The number of ether oxygens (including phenoxy) is 1. The Kier molecular flexibility index (Phi) is 6.49. The van der Waals surface area contributed by atoms with E-state index < -0.39 is 0 Å². The molecular weight excluding hydrogens is 352 g/mol. The zero-order valence-electron chi connectivity index (χ0n) is 17.3. The number of nitrogens with zero attached hydrogens (tertiary/aromatic N) is 4. The first-order valence-electron chi connectivity index (χ1n) is 9.96. The maximum Gasteiger partial charge on any atom is 0.233 e. The standard InChI is InChI=1S/C22H30N4O2/c1-16(2)18-9-7-17(8-10-18)14-22(27)26-13-5-6-19(15-26)28-21-12-11-20(23-24-21)25(3)4/h7-12,16,19H,5-6,13-15H2,1-4H3. The van der Waals surface area contributed by atoms with Gasteiger partial charge in [-0.3, -0.25) is 4.79 Å². The highest BCUT2D eigenvalue weighted by Gasteiger charge is 2.25. The van der Waals surface area contributed by atoms with E-state index in [0.717, 1.165) is 30.8 Å². The molecule has 0 bridgehead atoms. The molecule has 6 heteroatoms. The van der Waals surface area contributed by atoms with Crippen LogP contribution in [-0.2, 0) is 11.2 Å². The molecule has 1 unspecified atom stereocenters. The molecule has 2 aromatic rings. The molecule has 1 aromatic carbocycles. The molecule has 1 amide bonds. The fourth-order valence-electron chi connectivity index (χ4n) is 3.35. The monoisotopic (exact) mass is 382 g/mol. The van der Waals surface area contributed by atoms with Crippen molar-refractivity contribution < 1.29 is 9.53 Å². The van der Waals surface area contributed by atoms with Crippen molar-refractivity contribution in [2.24, 2.45) is 0 Å². The van der Waals surface area contributed by atoms with Gasteiger partial charge >= 0.3 is 0 Å². The summed E-state index contributed by atoms with van der Waals surface area (Å²) < 4.78 is 5.98. The van der Waals surface area contributed by atoms with Crippen LogP contribution in [0.3, 0.4) is 0 Å². The normalized spacial score (nSPS) is 16.9. The summed E-state index contributed by atoms with van der Waals surface area (Å²) in [7, 11) is 3.84. The molecule has 0 saturated carbocycles. The Balaban J connectivity index is 1.55. The van der Waals surface area contributed by atoms with Crippen LogP contribution in [0.25, 0.3) is 0 Å². The van der Waals surface area contributed by atoms with Crippen molar-refractivity contribution in [2.45, 2.75) is 45.1 Å². The molecule has 150 valence electrons. The largest absolute Gasteiger partial charge is 0.471 e. The van der Waals surface area contributed by atoms with Gasteiger partial charge < -0.3 is 14.5 Å². The van der Waals surface area contributed by atoms with E-state index in [1.54, 1.807) is 0 Å². The first-order chi connectivity index (χ1) is 13.4. The number of aromatic nitrogens is 2. The average Bonchev–Trinajstić information content (AvgIpc) is 2.69. The summed E-state index contributed by atoms with van der Waals surface area (Å²) >= 11 is 0. The van der Waals surface area contributed by atoms with Crippen LogP contribution in [0.4, 0.5) is 5.82 Å². The minimum atomic E-state index is -0.0412. The number of hydrogen-bond donors (Lipinski definition) is 0. The molecule has 1 aromatic heterocycles. The summed E-state index contributed by atoms with van der Waals surface area (Å²) in [4.78, 5) is 16.5. The Hall–Kier alpha value is -2.63. The van der Waals surface area contributed by atoms with Crippen molar-refractivity contribution in [3.8, 4) is 5.88 Å². The number of likely N-dealkylation sites (tertiary alicyclic amines) is 1. The quantitative estimate of drug-likeness (QED) is 0.767. The van der Waals surface area contributed by atoms with Gasteiger partial charge in [0.2, 0.25) is 11.8 Å². The van der Waals surface area contributed by atoms with Gasteiger partial charge in [0.05, 0.1) is 13.0 Å². The SMILES string of the molecule is CC(C)c1ccc(CC(=O)N2CCCC(Oc3ccc(N(C)C)nn3)C2)cc1. The lowest BCUT2D eigenvalue weighted by Gasteiger charge is -2.32. The third kappa shape index (κ3) is 5.21. The maximum atomic E-state index is 12.7. The molecule has 0 aliphatic carbocycles. The third-order valence-electron chi connectivity index (χ3n) is 5.10. The number of carbonyl (C=O) groups is 1. The van der Waals surface area contributed by atoms with Crippen LogP contribution in [-0.4, -0.2) is 54.3 Å². The molecule has 1 fully saturated rings. The Bertz CT molecular complexity index is 772. The average molecular weight is 383 g/mol. The first kappa shape index (κ1) is 20.1. The summed E-state index contributed by atoms with van der Waals surface area (Å²) in [6.45, 7) is 5.73. The van der Waals surface area contributed by atoms with E-state index in [2.05, 4.69) is 48.3 Å². The second-order valence-corrected chi connectivity index (χ2v) is 7.92. The predicted octanol–water partition coefficient (Wildman–Crippen LogP) is 3.28. The van der Waals surface area contributed by atoms with Crippen LogP contribution >= 0.6 is 0 Å². The van der Waals surface area contributed by atoms with Crippen molar-refractivity contribution in [1.82, 2.24) is 15.1 Å². The lowest BCUT2D eigenvalue weighted by atomic mass is 10.0. The van der Waals surface area contributed by atoms with Gasteiger partial charge in [0, 0.05) is 26.7 Å². The first-order valence-corrected chi connectivity index (χ1v) is 9.96. The van der Waals surface area contributed by atoms with Crippen LogP contribution in [0.15, 0.2) is 36.4 Å². The Morgan fingerprint density at radius 1 is 1.18 bits per heavy atom. The van der Waals surface area contributed by atoms with Gasteiger partial charge in [-0.25, -0.2) is 0 Å². The highest BCUT2D eigenvalue weighted by Crippen LogP contribution is 2.19. The minimum Gasteiger partial charge on any atom is -0.471 e. The molecule has 0 N–H and O–H groups in total. The van der Waals surface area contributed by atoms with E-state index in [4.69, 9.17) is 4.74 Å². The number of amides is 1. The van der Waals surface area contributed by atoms with E-state index in [1.807, 2.05) is 36.0 Å². The van der Waals surface area contributed by atoms with Crippen LogP contribution in [0.1, 0.15) is 43.7 Å². The molecule has 0 spiro atoms. The van der Waals surface area contributed by atoms with Gasteiger partial charge in [-0.2, -0.15) is 0 Å². The Labute approximate surface area is 167 Å². The molecule has 28 heavy (non-hydrogen) atoms. The van der Waals surface area contributed by atoms with E-state index >= 15 is 0 Å². The predicted molar refractivity (Wildman–Crippen MR) is 111 cm³/mol. The highest BCUT2D eigenvalue weighted by atomic mass is 16.5. The minimum absolute atomic E-state index is 0.0412. The second kappa shape index (κ2) is 9.04. The van der Waals surface area contributed by atoms with Gasteiger partial charge in [0.25, 0.3) is 0 Å². The molecule has 1 aliphatic heterocycles. The van der Waals surface area contributed by atoms with Crippen LogP contribution in [0.5, 0.6) is 5.88 Å². The number of rotatable bonds is 6. The summed E-state index contributed by atoms with van der Waals surface area (Å²) in [5, 5.41) is 8.28. The van der Waals surface area contributed by atoms with Crippen molar-refractivity contribution in [1.29, 1.82) is 0 Å². The number of hydrogen-bond acceptors (Lipinski definition) is 5. The lowest BCUT2D eigenvalue weighted by molar-refractivity contribution is -0.133. The molecule has 6 nitrogen and oxygen atoms in total. The molecule has 3 rings (SSSR count). The smallest absolute Gasteiger partial charge is 0.233 e. The zero-order chi connectivity index (χ0) is 20.1. The van der Waals surface area contributed by atoms with Crippen molar-refractivity contribution >= 4 is 11.7 Å². The molecule has 1 saturated heterocycles. The van der Waals surface area contributed by atoms with E-state index in [0.29, 0.717) is 24.8 Å². The number of piperidine rings is 1. The summed E-state index contributed by atoms with van der Waals surface area (Å²) in [5.74, 6) is 1.95. The summed E-state index contributed by atoms with van der Waals surface area (Å²) in [6.07, 6.45) is 2.25. The third-order valence-corrected chi connectivity index (χ3v) is 5.10. The fraction of sp³-hybridized carbons (Fsp3) is 0.500. The van der Waals surface area contributed by atoms with Crippen LogP contribution in [0, 0.1) is 0 Å². The van der Waals surface area contributed by atoms with Gasteiger partial charge in [0.15, 0.2) is 5.82 Å². The number of carbonyl (C=O) groups excluding carboxylic acids is 1. The van der Waals surface area contributed by atoms with Crippen LogP contribution < -0.4 is 9.64 Å². The second-order valence-electron chi connectivity index (χ2n) is 7.92. The van der Waals surface area contributed by atoms with Gasteiger partial charge in [-0.1, -0.05) is 38.1 Å². The van der Waals surface area contributed by atoms with E-state index in [1.165, 1.54) is 5.56 Å². The Morgan fingerprint density at radius 3 is 2.54 bits per heavy atom. The van der Waals surface area contributed by atoms with E-state index in [-0.39, 0.29) is 12.0 Å². The zero-order valence-corrected chi connectivity index (χ0v) is 17.3. The molecule has 0 radical (unpaired) electrons. The summed E-state index contributed by atoms with van der Waals surface area (Å²) in [5.41, 5.74) is 2.35. The van der Waals surface area contributed by atoms with Crippen molar-refractivity contribution in [3.63, 3.8) is 0 Å². The van der Waals surface area contributed by atoms with E-state index in [9.17, 15) is 4.79 Å². The molecule has 2 heterocycles. The fourth-order valence-corrected chi connectivity index (χ4v) is 3.35. The highest BCUT2D eigenvalue weighted by molar-refractivity contribution is 5.79. The van der Waals surface area contributed by atoms with Crippen LogP contribution in [0.2, 0.25) is 0 Å². The molecular formula is C22H30N4O2. The van der Waals surface area contributed by atoms with Crippen molar-refractivity contribution in [2.75, 3.05) is 32.1 Å². The molecule has 1 atom stereocenters. The Morgan fingerprint density at radius 2 is 1.93 bits per heavy atom. The number of benzene rings is 1. The van der Waals surface area contributed by atoms with Gasteiger partial charge in [-0.05, 0) is 36.0 Å². The molecule has 1 aliphatic rings. The maximum absolute atomic E-state index is 12.7. The van der Waals surface area contributed by atoms with Gasteiger partial charge in [-0.15, -0.1) is 10.2 Å². The van der Waals surface area contributed by atoms with Gasteiger partial charge in [0.1, 0.15) is 6.10 Å².